The van der Waals surface area contributed by atoms with Gasteiger partial charge in [-0.1, -0.05) is 133 Å². The van der Waals surface area contributed by atoms with Gasteiger partial charge in [-0.05, 0) is 110 Å². The van der Waals surface area contributed by atoms with E-state index in [-0.39, 0.29) is 0 Å². The van der Waals surface area contributed by atoms with Crippen molar-refractivity contribution in [2.24, 2.45) is 0 Å². The quantitative estimate of drug-likeness (QED) is 0.127. The number of benzene rings is 8. The lowest BCUT2D eigenvalue weighted by atomic mass is 9.87. The maximum Gasteiger partial charge on any atom is 0.0549 e. The normalized spacial score (nSPS) is 14.0. The van der Waals surface area contributed by atoms with Crippen LogP contribution in [-0.4, -0.2) is 10.8 Å². The highest BCUT2D eigenvalue weighted by Crippen LogP contribution is 2.41. The van der Waals surface area contributed by atoms with Gasteiger partial charge in [0.2, 0.25) is 0 Å². The predicted molar refractivity (Wildman–Crippen MR) is 230 cm³/mol. The number of fused-ring (bicyclic) bond motifs is 6. The summed E-state index contributed by atoms with van der Waals surface area (Å²) in [6, 6.07) is 59.0. The summed E-state index contributed by atoms with van der Waals surface area (Å²) in [7, 11) is 0. The molecule has 1 aromatic heterocycles. The fourth-order valence-electron chi connectivity index (χ4n) is 8.33. The van der Waals surface area contributed by atoms with Crippen molar-refractivity contribution in [2.45, 2.75) is 12.3 Å². The molecule has 1 atom stereocenters. The van der Waals surface area contributed by atoms with E-state index in [0.29, 0.717) is 5.92 Å². The van der Waals surface area contributed by atoms with Crippen LogP contribution in [0.1, 0.15) is 23.5 Å². The first-order chi connectivity index (χ1) is 26.7. The standard InChI is InChI=1S/C51H37N3/c52-33-47-48(53-42-19-8-3-9-20-42)25-26-49-51(47)46-32-45-38(24-23-36-17-10-11-22-44(36)45)31-50(46)54(49)43-21-12-18-37(30-43)41-28-39(34-13-4-1-5-14-34)27-40(29-41)35-15-6-2-7-16-35/h1-15,17-33,35,52-53H,16H2. The molecule has 0 fully saturated rings. The lowest BCUT2D eigenvalue weighted by Gasteiger charge is -2.18. The van der Waals surface area contributed by atoms with Crippen LogP contribution in [0.5, 0.6) is 0 Å². The SMILES string of the molecule is N=Cc1c(Nc2ccccc2)ccc2c1c1cc3c(ccc4ccccc43)cc1n2-c1cccc(-c2cc(-c3ccccc3)cc(C3C=CC=CC3)c2)c1. The molecule has 0 aliphatic heterocycles. The van der Waals surface area contributed by atoms with Crippen molar-refractivity contribution in [1.29, 1.82) is 5.41 Å². The van der Waals surface area contributed by atoms with E-state index < -0.39 is 0 Å². The summed E-state index contributed by atoms with van der Waals surface area (Å²) in [5.41, 5.74) is 12.2. The molecule has 1 unspecified atom stereocenters. The number of aromatic nitrogens is 1. The summed E-state index contributed by atoms with van der Waals surface area (Å²) in [5.74, 6) is 0.334. The summed E-state index contributed by atoms with van der Waals surface area (Å²) in [4.78, 5) is 0. The molecular formula is C51H37N3. The number of hydrogen-bond donors (Lipinski definition) is 2. The Kier molecular flexibility index (Phi) is 7.77. The summed E-state index contributed by atoms with van der Waals surface area (Å²) < 4.78 is 2.39. The summed E-state index contributed by atoms with van der Waals surface area (Å²) in [5, 5.41) is 19.4. The fraction of sp³-hybridized carbons (Fsp3) is 0.0392. The van der Waals surface area contributed by atoms with E-state index >= 15 is 0 Å². The minimum Gasteiger partial charge on any atom is -0.355 e. The highest BCUT2D eigenvalue weighted by Gasteiger charge is 2.20. The molecule has 3 nitrogen and oxygen atoms in total. The minimum absolute atomic E-state index is 0.334. The van der Waals surface area contributed by atoms with Gasteiger partial charge >= 0.3 is 0 Å². The van der Waals surface area contributed by atoms with Crippen LogP contribution >= 0.6 is 0 Å². The Morgan fingerprint density at radius 2 is 1.31 bits per heavy atom. The molecule has 3 heteroatoms. The number of anilines is 2. The predicted octanol–water partition coefficient (Wildman–Crippen LogP) is 13.8. The van der Waals surface area contributed by atoms with Crippen LogP contribution in [0, 0.1) is 5.41 Å². The fourth-order valence-corrected chi connectivity index (χ4v) is 8.33. The van der Waals surface area contributed by atoms with Crippen molar-refractivity contribution >= 4 is 60.9 Å². The third kappa shape index (κ3) is 5.50. The molecule has 1 heterocycles. The van der Waals surface area contributed by atoms with Gasteiger partial charge in [0.05, 0.1) is 11.0 Å². The van der Waals surface area contributed by atoms with E-state index in [1.54, 1.807) is 0 Å². The number of allylic oxidation sites excluding steroid dienone is 4. The van der Waals surface area contributed by atoms with Crippen molar-refractivity contribution in [3.05, 3.63) is 199 Å². The van der Waals surface area contributed by atoms with Gasteiger partial charge in [-0.3, -0.25) is 0 Å². The maximum atomic E-state index is 8.77. The van der Waals surface area contributed by atoms with Crippen LogP contribution in [0.15, 0.2) is 188 Å². The van der Waals surface area contributed by atoms with E-state index in [1.165, 1.54) is 55.6 Å². The second-order valence-corrected chi connectivity index (χ2v) is 14.2. The van der Waals surface area contributed by atoms with Crippen LogP contribution < -0.4 is 5.32 Å². The van der Waals surface area contributed by atoms with Crippen LogP contribution in [0.4, 0.5) is 11.4 Å². The molecule has 54 heavy (non-hydrogen) atoms. The Labute approximate surface area is 314 Å². The monoisotopic (exact) mass is 691 g/mol. The summed E-state index contributed by atoms with van der Waals surface area (Å²) >= 11 is 0. The molecule has 2 N–H and O–H groups in total. The van der Waals surface area contributed by atoms with Gasteiger partial charge in [0.1, 0.15) is 0 Å². The molecule has 0 radical (unpaired) electrons. The van der Waals surface area contributed by atoms with E-state index in [4.69, 9.17) is 5.41 Å². The minimum atomic E-state index is 0.334. The lowest BCUT2D eigenvalue weighted by molar-refractivity contribution is 0.854. The number of para-hydroxylation sites is 1. The van der Waals surface area contributed by atoms with Gasteiger partial charge in [0, 0.05) is 45.5 Å². The second-order valence-electron chi connectivity index (χ2n) is 14.2. The highest BCUT2D eigenvalue weighted by molar-refractivity contribution is 6.23. The van der Waals surface area contributed by atoms with Crippen molar-refractivity contribution in [3.8, 4) is 27.9 Å². The van der Waals surface area contributed by atoms with Crippen molar-refractivity contribution in [2.75, 3.05) is 5.32 Å². The third-order valence-corrected chi connectivity index (χ3v) is 10.9. The zero-order valence-corrected chi connectivity index (χ0v) is 29.7. The van der Waals surface area contributed by atoms with Crippen LogP contribution in [0.2, 0.25) is 0 Å². The first-order valence-corrected chi connectivity index (χ1v) is 18.6. The van der Waals surface area contributed by atoms with Gasteiger partial charge in [-0.25, -0.2) is 0 Å². The number of hydrogen-bond acceptors (Lipinski definition) is 2. The molecule has 9 aromatic rings. The number of nitrogens with zero attached hydrogens (tertiary/aromatic N) is 1. The molecule has 256 valence electrons. The number of rotatable bonds is 7. The molecule has 0 spiro atoms. The maximum absolute atomic E-state index is 8.77. The summed E-state index contributed by atoms with van der Waals surface area (Å²) in [6.07, 6.45) is 11.4. The second kappa shape index (κ2) is 13.2. The lowest BCUT2D eigenvalue weighted by Crippen LogP contribution is -1.99. The molecule has 0 saturated heterocycles. The Morgan fingerprint density at radius 1 is 0.556 bits per heavy atom. The van der Waals surface area contributed by atoms with Crippen LogP contribution in [-0.2, 0) is 0 Å². The van der Waals surface area contributed by atoms with E-state index in [2.05, 4.69) is 180 Å². The first kappa shape index (κ1) is 31.7. The van der Waals surface area contributed by atoms with Crippen molar-refractivity contribution < 1.29 is 0 Å². The third-order valence-electron chi connectivity index (χ3n) is 10.9. The van der Waals surface area contributed by atoms with Gasteiger partial charge < -0.3 is 15.3 Å². The van der Waals surface area contributed by atoms with Gasteiger partial charge in [-0.2, -0.15) is 0 Å². The first-order valence-electron chi connectivity index (χ1n) is 18.6. The molecule has 8 aromatic carbocycles. The Morgan fingerprint density at radius 3 is 2.13 bits per heavy atom. The van der Waals surface area contributed by atoms with Crippen LogP contribution in [0.25, 0.3) is 71.3 Å². The molecule has 0 saturated carbocycles. The Hall–Kier alpha value is -6.97. The average molecular weight is 692 g/mol. The zero-order chi connectivity index (χ0) is 36.0. The van der Waals surface area contributed by atoms with Crippen molar-refractivity contribution in [3.63, 3.8) is 0 Å². The molecular weight excluding hydrogens is 655 g/mol. The Bertz CT molecular complexity index is 2950. The highest BCUT2D eigenvalue weighted by atomic mass is 15.0. The van der Waals surface area contributed by atoms with Crippen molar-refractivity contribution in [1.82, 2.24) is 4.57 Å². The van der Waals surface area contributed by atoms with E-state index in [1.807, 2.05) is 18.2 Å². The van der Waals surface area contributed by atoms with E-state index in [9.17, 15) is 0 Å². The van der Waals surface area contributed by atoms with Gasteiger partial charge in [0.15, 0.2) is 0 Å². The Balaban J connectivity index is 1.21. The van der Waals surface area contributed by atoms with Gasteiger partial charge in [-0.15, -0.1) is 0 Å². The van der Waals surface area contributed by atoms with E-state index in [0.717, 1.165) is 50.9 Å². The topological polar surface area (TPSA) is 40.8 Å². The molecule has 0 amide bonds. The zero-order valence-electron chi connectivity index (χ0n) is 29.7. The largest absolute Gasteiger partial charge is 0.355 e. The van der Waals surface area contributed by atoms with Gasteiger partial charge in [0.25, 0.3) is 0 Å². The number of nitrogens with one attached hydrogen (secondary N) is 2. The molecule has 1 aliphatic rings. The molecule has 1 aliphatic carbocycles. The van der Waals surface area contributed by atoms with Crippen LogP contribution in [0.3, 0.4) is 0 Å². The average Bonchev–Trinajstić information content (AvgIpc) is 3.57. The summed E-state index contributed by atoms with van der Waals surface area (Å²) in [6.45, 7) is 0. The smallest absolute Gasteiger partial charge is 0.0549 e. The molecule has 10 rings (SSSR count). The molecule has 0 bridgehead atoms.